The van der Waals surface area contributed by atoms with E-state index in [0.717, 1.165) is 12.1 Å². The molecule has 2 saturated heterocycles. The predicted molar refractivity (Wildman–Crippen MR) is 56.0 cm³/mol. The molecule has 2 heterocycles. The molecule has 0 aromatic carbocycles. The minimum absolute atomic E-state index is 0.0222. The van der Waals surface area contributed by atoms with Crippen molar-refractivity contribution in [1.29, 1.82) is 0 Å². The van der Waals surface area contributed by atoms with Crippen molar-refractivity contribution in [2.45, 2.75) is 63.1 Å². The third kappa shape index (κ3) is 1.49. The summed E-state index contributed by atoms with van der Waals surface area (Å²) in [4.78, 5) is 0. The lowest BCUT2D eigenvalue weighted by molar-refractivity contribution is -0.00263. The maximum atomic E-state index is 10.2. The summed E-state index contributed by atoms with van der Waals surface area (Å²) in [5, 5.41) is 13.9. The van der Waals surface area contributed by atoms with Crippen LogP contribution in [-0.2, 0) is 0 Å². The van der Waals surface area contributed by atoms with Crippen LogP contribution in [0.1, 0.15) is 44.9 Å². The van der Waals surface area contributed by atoms with Crippen molar-refractivity contribution >= 4 is 0 Å². The van der Waals surface area contributed by atoms with E-state index in [1.807, 2.05) is 0 Å². The minimum atomic E-state index is 0.0222. The Bertz CT molecular complexity index is 202. The Hall–Kier alpha value is -0.0800. The molecule has 2 heteroatoms. The summed E-state index contributed by atoms with van der Waals surface area (Å²) in [5.74, 6) is 1.26. The molecule has 0 aromatic rings. The zero-order valence-corrected chi connectivity index (χ0v) is 8.78. The Morgan fingerprint density at radius 3 is 2.07 bits per heavy atom. The first-order valence-corrected chi connectivity index (χ1v) is 6.27. The molecule has 1 saturated carbocycles. The van der Waals surface area contributed by atoms with Gasteiger partial charge in [0.15, 0.2) is 0 Å². The van der Waals surface area contributed by atoms with Gasteiger partial charge in [0.05, 0.1) is 6.10 Å². The number of hydrogen-bond acceptors (Lipinski definition) is 2. The van der Waals surface area contributed by atoms with Gasteiger partial charge in [-0.05, 0) is 50.4 Å². The maximum Gasteiger partial charge on any atom is 0.0597 e. The van der Waals surface area contributed by atoms with Crippen LogP contribution < -0.4 is 5.32 Å². The quantitative estimate of drug-likeness (QED) is 0.702. The van der Waals surface area contributed by atoms with Crippen LogP contribution in [0.25, 0.3) is 0 Å². The van der Waals surface area contributed by atoms with Gasteiger partial charge in [-0.25, -0.2) is 0 Å². The average molecular weight is 195 g/mol. The van der Waals surface area contributed by atoms with Gasteiger partial charge in [-0.15, -0.1) is 0 Å². The number of aliphatic hydroxyl groups excluding tert-OH is 1. The standard InChI is InChI=1S/C12H21NO/c14-12(8-2-1-3-8)9-6-10-4-5-11(7-9)13-10/h8-14H,1-7H2. The lowest BCUT2D eigenvalue weighted by Crippen LogP contribution is -2.44. The molecule has 3 unspecified atom stereocenters. The molecule has 14 heavy (non-hydrogen) atoms. The molecule has 2 nitrogen and oxygen atoms in total. The SMILES string of the molecule is OC(C1CCC1)C1CC2CCC(C1)N2. The zero-order valence-electron chi connectivity index (χ0n) is 8.78. The molecule has 0 radical (unpaired) electrons. The van der Waals surface area contributed by atoms with Gasteiger partial charge in [0.25, 0.3) is 0 Å². The molecule has 2 bridgehead atoms. The van der Waals surface area contributed by atoms with Gasteiger partial charge >= 0.3 is 0 Å². The van der Waals surface area contributed by atoms with E-state index in [2.05, 4.69) is 5.32 Å². The topological polar surface area (TPSA) is 32.3 Å². The molecule has 3 rings (SSSR count). The summed E-state index contributed by atoms with van der Waals surface area (Å²) in [5.41, 5.74) is 0. The van der Waals surface area contributed by atoms with Gasteiger partial charge in [0.2, 0.25) is 0 Å². The third-order valence-electron chi connectivity index (χ3n) is 4.63. The minimum Gasteiger partial charge on any atom is -0.393 e. The Morgan fingerprint density at radius 2 is 1.57 bits per heavy atom. The molecule has 0 aromatic heterocycles. The first kappa shape index (κ1) is 9.17. The van der Waals surface area contributed by atoms with Crippen LogP contribution >= 0.6 is 0 Å². The molecule has 2 aliphatic heterocycles. The summed E-state index contributed by atoms with van der Waals surface area (Å²) < 4.78 is 0. The Kier molecular flexibility index (Phi) is 2.29. The van der Waals surface area contributed by atoms with Crippen LogP contribution in [0.2, 0.25) is 0 Å². The smallest absolute Gasteiger partial charge is 0.0597 e. The molecule has 0 amide bonds. The Morgan fingerprint density at radius 1 is 0.929 bits per heavy atom. The van der Waals surface area contributed by atoms with E-state index in [-0.39, 0.29) is 6.10 Å². The van der Waals surface area contributed by atoms with E-state index in [1.54, 1.807) is 0 Å². The van der Waals surface area contributed by atoms with Crippen molar-refractivity contribution in [2.24, 2.45) is 11.8 Å². The van der Waals surface area contributed by atoms with Gasteiger partial charge in [0.1, 0.15) is 0 Å². The second-order valence-corrected chi connectivity index (χ2v) is 5.55. The van der Waals surface area contributed by atoms with Crippen LogP contribution in [-0.4, -0.2) is 23.3 Å². The second kappa shape index (κ2) is 3.49. The highest BCUT2D eigenvalue weighted by Gasteiger charge is 2.39. The summed E-state index contributed by atoms with van der Waals surface area (Å²) in [6, 6.07) is 1.46. The van der Waals surface area contributed by atoms with Crippen LogP contribution in [0.15, 0.2) is 0 Å². The Balaban J connectivity index is 1.61. The molecule has 3 fully saturated rings. The van der Waals surface area contributed by atoms with Crippen LogP contribution in [0.4, 0.5) is 0 Å². The fraction of sp³-hybridized carbons (Fsp3) is 1.00. The molecular formula is C12H21NO. The van der Waals surface area contributed by atoms with Crippen molar-refractivity contribution in [3.05, 3.63) is 0 Å². The van der Waals surface area contributed by atoms with Crippen LogP contribution in [0, 0.1) is 11.8 Å². The predicted octanol–water partition coefficient (Wildman–Crippen LogP) is 1.68. The zero-order chi connectivity index (χ0) is 9.54. The van der Waals surface area contributed by atoms with E-state index >= 15 is 0 Å². The Labute approximate surface area is 86.1 Å². The second-order valence-electron chi connectivity index (χ2n) is 5.55. The molecule has 1 aliphatic carbocycles. The van der Waals surface area contributed by atoms with E-state index in [9.17, 15) is 5.11 Å². The highest BCUT2D eigenvalue weighted by molar-refractivity contribution is 4.95. The number of hydrogen-bond donors (Lipinski definition) is 2. The van der Waals surface area contributed by atoms with Crippen molar-refractivity contribution in [1.82, 2.24) is 5.32 Å². The normalized spacial score (nSPS) is 44.8. The van der Waals surface area contributed by atoms with Gasteiger partial charge in [-0.1, -0.05) is 6.42 Å². The maximum absolute atomic E-state index is 10.2. The number of nitrogens with one attached hydrogen (secondary N) is 1. The third-order valence-corrected chi connectivity index (χ3v) is 4.63. The largest absolute Gasteiger partial charge is 0.393 e. The fourth-order valence-corrected chi connectivity index (χ4v) is 3.55. The lowest BCUT2D eigenvalue weighted by atomic mass is 9.73. The molecule has 3 atom stereocenters. The number of piperidine rings is 1. The summed E-state index contributed by atoms with van der Waals surface area (Å²) >= 11 is 0. The highest BCUT2D eigenvalue weighted by Crippen LogP contribution is 2.39. The molecule has 0 spiro atoms. The van der Waals surface area contributed by atoms with Gasteiger partial charge in [0, 0.05) is 12.1 Å². The van der Waals surface area contributed by atoms with E-state index in [0.29, 0.717) is 11.8 Å². The summed E-state index contributed by atoms with van der Waals surface area (Å²) in [7, 11) is 0. The fourth-order valence-electron chi connectivity index (χ4n) is 3.55. The van der Waals surface area contributed by atoms with Crippen LogP contribution in [0.5, 0.6) is 0 Å². The van der Waals surface area contributed by atoms with E-state index in [1.165, 1.54) is 44.9 Å². The van der Waals surface area contributed by atoms with Gasteiger partial charge in [-0.2, -0.15) is 0 Å². The van der Waals surface area contributed by atoms with Crippen LogP contribution in [0.3, 0.4) is 0 Å². The van der Waals surface area contributed by atoms with Crippen molar-refractivity contribution < 1.29 is 5.11 Å². The molecule has 3 aliphatic rings. The lowest BCUT2D eigenvalue weighted by Gasteiger charge is -2.39. The first-order valence-electron chi connectivity index (χ1n) is 6.27. The molecule has 80 valence electrons. The van der Waals surface area contributed by atoms with Crippen molar-refractivity contribution in [2.75, 3.05) is 0 Å². The molecule has 2 N–H and O–H groups in total. The summed E-state index contributed by atoms with van der Waals surface area (Å²) in [6.07, 6.45) is 9.08. The number of rotatable bonds is 2. The number of aliphatic hydroxyl groups is 1. The highest BCUT2D eigenvalue weighted by atomic mass is 16.3. The van der Waals surface area contributed by atoms with Gasteiger partial charge in [-0.3, -0.25) is 0 Å². The average Bonchev–Trinajstić information content (AvgIpc) is 2.42. The van der Waals surface area contributed by atoms with E-state index < -0.39 is 0 Å². The molecular weight excluding hydrogens is 174 g/mol. The monoisotopic (exact) mass is 195 g/mol. The summed E-state index contributed by atoms with van der Waals surface area (Å²) in [6.45, 7) is 0. The van der Waals surface area contributed by atoms with Gasteiger partial charge < -0.3 is 10.4 Å². The van der Waals surface area contributed by atoms with E-state index in [4.69, 9.17) is 0 Å². The van der Waals surface area contributed by atoms with Crippen molar-refractivity contribution in [3.8, 4) is 0 Å². The first-order chi connectivity index (χ1) is 6.83. The number of fused-ring (bicyclic) bond motifs is 2. The van der Waals surface area contributed by atoms with Crippen molar-refractivity contribution in [3.63, 3.8) is 0 Å².